The van der Waals surface area contributed by atoms with Crippen LogP contribution in [0.3, 0.4) is 0 Å². The molecule has 0 rings (SSSR count). The lowest BCUT2D eigenvalue weighted by Crippen LogP contribution is -2.28. The number of hydrogen-bond acceptors (Lipinski definition) is 1. The summed E-state index contributed by atoms with van der Waals surface area (Å²) in [5.41, 5.74) is 0.108. The van der Waals surface area contributed by atoms with Crippen LogP contribution < -0.4 is 0 Å². The van der Waals surface area contributed by atoms with Gasteiger partial charge in [0.2, 0.25) is 0 Å². The van der Waals surface area contributed by atoms with Gasteiger partial charge in [0, 0.05) is 6.61 Å². The first kappa shape index (κ1) is 28.7. The second-order valence-corrected chi connectivity index (χ2v) is 9.88. The van der Waals surface area contributed by atoms with Gasteiger partial charge in [-0.25, -0.2) is 0 Å². The lowest BCUT2D eigenvalue weighted by Gasteiger charge is -2.29. The van der Waals surface area contributed by atoms with E-state index in [0.29, 0.717) is 0 Å². The first-order valence-electron chi connectivity index (χ1n) is 13.3. The van der Waals surface area contributed by atoms with Crippen LogP contribution in [0, 0.1) is 5.92 Å². The van der Waals surface area contributed by atoms with Crippen LogP contribution in [0.1, 0.15) is 150 Å². The Bertz CT molecular complexity index is 346. The van der Waals surface area contributed by atoms with Crippen molar-refractivity contribution in [1.82, 2.24) is 0 Å². The van der Waals surface area contributed by atoms with Crippen LogP contribution in [0.4, 0.5) is 0 Å². The molecular formula is C28H56O. The SMILES string of the molecule is CCCCCCCC/C=C/CCCCCCCCOC(C)(CC)CCCC(C)C. The second-order valence-electron chi connectivity index (χ2n) is 9.88. The lowest BCUT2D eigenvalue weighted by atomic mass is 9.93. The highest BCUT2D eigenvalue weighted by Gasteiger charge is 2.21. The van der Waals surface area contributed by atoms with Crippen LogP contribution in [0.25, 0.3) is 0 Å². The average molecular weight is 409 g/mol. The average Bonchev–Trinajstić information content (AvgIpc) is 2.70. The Labute approximate surface area is 185 Å². The van der Waals surface area contributed by atoms with Gasteiger partial charge in [-0.1, -0.05) is 110 Å². The third kappa shape index (κ3) is 20.7. The Morgan fingerprint density at radius 1 is 0.690 bits per heavy atom. The van der Waals surface area contributed by atoms with Crippen molar-refractivity contribution < 1.29 is 4.74 Å². The molecule has 29 heavy (non-hydrogen) atoms. The van der Waals surface area contributed by atoms with Crippen LogP contribution >= 0.6 is 0 Å². The molecular weight excluding hydrogens is 352 g/mol. The van der Waals surface area contributed by atoms with Gasteiger partial charge in [-0.05, 0) is 57.8 Å². The van der Waals surface area contributed by atoms with Gasteiger partial charge in [0.25, 0.3) is 0 Å². The zero-order chi connectivity index (χ0) is 21.6. The summed E-state index contributed by atoms with van der Waals surface area (Å²) in [7, 11) is 0. The molecule has 0 heterocycles. The molecule has 0 aliphatic rings. The highest BCUT2D eigenvalue weighted by atomic mass is 16.5. The van der Waals surface area contributed by atoms with Crippen molar-refractivity contribution in [2.24, 2.45) is 5.92 Å². The minimum Gasteiger partial charge on any atom is -0.375 e. The molecule has 0 radical (unpaired) electrons. The number of allylic oxidation sites excluding steroid dienone is 2. The van der Waals surface area contributed by atoms with E-state index in [9.17, 15) is 0 Å². The predicted molar refractivity (Wildman–Crippen MR) is 133 cm³/mol. The summed E-state index contributed by atoms with van der Waals surface area (Å²) in [6.45, 7) is 12.5. The molecule has 0 aromatic rings. The smallest absolute Gasteiger partial charge is 0.0651 e. The number of rotatable bonds is 22. The minimum absolute atomic E-state index is 0.108. The predicted octanol–water partition coefficient (Wildman–Crippen LogP) is 10.0. The molecule has 0 spiro atoms. The fraction of sp³-hybridized carbons (Fsp3) is 0.929. The van der Waals surface area contributed by atoms with Crippen LogP contribution in [0.2, 0.25) is 0 Å². The minimum atomic E-state index is 0.108. The fourth-order valence-corrected chi connectivity index (χ4v) is 3.90. The molecule has 174 valence electrons. The molecule has 0 N–H and O–H groups in total. The number of unbranched alkanes of at least 4 members (excludes halogenated alkanes) is 12. The van der Waals surface area contributed by atoms with E-state index < -0.39 is 0 Å². The summed E-state index contributed by atoms with van der Waals surface area (Å²) in [5, 5.41) is 0. The van der Waals surface area contributed by atoms with E-state index in [0.717, 1.165) is 18.9 Å². The quantitative estimate of drug-likeness (QED) is 0.128. The van der Waals surface area contributed by atoms with Crippen molar-refractivity contribution in [2.75, 3.05) is 6.61 Å². The van der Waals surface area contributed by atoms with E-state index in [1.807, 2.05) is 0 Å². The molecule has 0 saturated carbocycles. The highest BCUT2D eigenvalue weighted by Crippen LogP contribution is 2.24. The molecule has 0 bridgehead atoms. The van der Waals surface area contributed by atoms with Gasteiger partial charge in [0.15, 0.2) is 0 Å². The molecule has 0 aliphatic heterocycles. The van der Waals surface area contributed by atoms with E-state index >= 15 is 0 Å². The highest BCUT2D eigenvalue weighted by molar-refractivity contribution is 4.81. The van der Waals surface area contributed by atoms with Gasteiger partial charge in [0.05, 0.1) is 5.60 Å². The van der Waals surface area contributed by atoms with Gasteiger partial charge in [0.1, 0.15) is 0 Å². The summed E-state index contributed by atoms with van der Waals surface area (Å²) >= 11 is 0. The second kappa shape index (κ2) is 21.0. The van der Waals surface area contributed by atoms with E-state index in [2.05, 4.69) is 46.8 Å². The standard InChI is InChI=1S/C28H56O/c1-6-8-9-10-11-12-13-14-15-16-17-18-19-20-21-22-26-29-28(5,7-2)25-23-24-27(3)4/h14-15,27H,6-13,16-26H2,1-5H3/b15-14+. The molecule has 0 aromatic heterocycles. The topological polar surface area (TPSA) is 9.23 Å². The molecule has 1 nitrogen and oxygen atoms in total. The lowest BCUT2D eigenvalue weighted by molar-refractivity contribution is -0.0437. The van der Waals surface area contributed by atoms with Gasteiger partial charge >= 0.3 is 0 Å². The molecule has 0 aliphatic carbocycles. The largest absolute Gasteiger partial charge is 0.375 e. The van der Waals surface area contributed by atoms with Gasteiger partial charge in [-0.15, -0.1) is 0 Å². The molecule has 0 saturated heterocycles. The zero-order valence-electron chi connectivity index (χ0n) is 21.1. The van der Waals surface area contributed by atoms with Crippen molar-refractivity contribution in [2.45, 2.75) is 156 Å². The maximum atomic E-state index is 6.27. The first-order valence-corrected chi connectivity index (χ1v) is 13.3. The van der Waals surface area contributed by atoms with E-state index in [1.165, 1.54) is 109 Å². The van der Waals surface area contributed by atoms with E-state index in [-0.39, 0.29) is 5.60 Å². The van der Waals surface area contributed by atoms with Crippen molar-refractivity contribution >= 4 is 0 Å². The van der Waals surface area contributed by atoms with Crippen molar-refractivity contribution in [3.05, 3.63) is 12.2 Å². The number of hydrogen-bond donors (Lipinski definition) is 0. The summed E-state index contributed by atoms with van der Waals surface area (Å²) in [6, 6.07) is 0. The van der Waals surface area contributed by atoms with E-state index in [1.54, 1.807) is 0 Å². The van der Waals surface area contributed by atoms with Gasteiger partial charge in [-0.2, -0.15) is 0 Å². The van der Waals surface area contributed by atoms with Crippen molar-refractivity contribution in [3.8, 4) is 0 Å². The Balaban J connectivity index is 3.40. The Morgan fingerprint density at radius 2 is 1.21 bits per heavy atom. The monoisotopic (exact) mass is 408 g/mol. The van der Waals surface area contributed by atoms with Crippen molar-refractivity contribution in [1.29, 1.82) is 0 Å². The maximum Gasteiger partial charge on any atom is 0.0651 e. The van der Waals surface area contributed by atoms with Crippen LogP contribution in [0.5, 0.6) is 0 Å². The molecule has 0 amide bonds. The first-order chi connectivity index (χ1) is 14.0. The van der Waals surface area contributed by atoms with Crippen LogP contribution in [0.15, 0.2) is 12.2 Å². The van der Waals surface area contributed by atoms with Gasteiger partial charge in [-0.3, -0.25) is 0 Å². The van der Waals surface area contributed by atoms with Gasteiger partial charge < -0.3 is 4.74 Å². The van der Waals surface area contributed by atoms with Crippen molar-refractivity contribution in [3.63, 3.8) is 0 Å². The third-order valence-electron chi connectivity index (χ3n) is 6.34. The summed E-state index contributed by atoms with van der Waals surface area (Å²) in [4.78, 5) is 0. The molecule has 1 atom stereocenters. The Kier molecular flexibility index (Phi) is 20.7. The maximum absolute atomic E-state index is 6.27. The van der Waals surface area contributed by atoms with Crippen LogP contribution in [-0.2, 0) is 4.74 Å². The van der Waals surface area contributed by atoms with E-state index in [4.69, 9.17) is 4.74 Å². The Hall–Kier alpha value is -0.300. The third-order valence-corrected chi connectivity index (χ3v) is 6.34. The Morgan fingerprint density at radius 3 is 1.72 bits per heavy atom. The molecule has 0 aromatic carbocycles. The summed E-state index contributed by atoms with van der Waals surface area (Å²) < 4.78 is 6.27. The number of ether oxygens (including phenoxy) is 1. The molecule has 0 fully saturated rings. The molecule has 1 unspecified atom stereocenters. The summed E-state index contributed by atoms with van der Waals surface area (Å²) in [6.07, 6.45) is 28.9. The molecule has 1 heteroatoms. The zero-order valence-corrected chi connectivity index (χ0v) is 21.1. The summed E-state index contributed by atoms with van der Waals surface area (Å²) in [5.74, 6) is 0.812. The fourth-order valence-electron chi connectivity index (χ4n) is 3.90. The van der Waals surface area contributed by atoms with Crippen LogP contribution in [-0.4, -0.2) is 12.2 Å². The normalized spacial score (nSPS) is 14.1.